The minimum atomic E-state index is -1.19. The Balaban J connectivity index is 1.15. The molecule has 16 heteroatoms. The lowest BCUT2D eigenvalue weighted by atomic mass is 9.83. The number of fused-ring (bicyclic) bond motifs is 6. The van der Waals surface area contributed by atoms with Crippen molar-refractivity contribution in [3.05, 3.63) is 101 Å². The predicted octanol–water partition coefficient (Wildman–Crippen LogP) is 7.88. The molecule has 3 aromatic heterocycles. The highest BCUT2D eigenvalue weighted by Gasteiger charge is 2.50. The molecule has 2 unspecified atom stereocenters. The van der Waals surface area contributed by atoms with Crippen LogP contribution in [0.1, 0.15) is 127 Å². The number of esters is 1. The number of aromatic hydroxyl groups is 1. The molecular formula is C55H70N8O7S. The van der Waals surface area contributed by atoms with Gasteiger partial charge in [-0.3, -0.25) is 34.2 Å². The third-order valence-corrected chi connectivity index (χ3v) is 15.7. The van der Waals surface area contributed by atoms with E-state index in [1.54, 1.807) is 31.3 Å². The lowest BCUT2D eigenvalue weighted by molar-refractivity contribution is -0.155. The SMILES string of the molecule is CCn1c(-c2cccnc2C(C)C)c2c3cc(ccc31)-c1cc(O)cc(c1)C[C@H](NC(=O)[C@H](C(C)C)N(C)C(=O)c1ccc([C@@H]3CN3[S+]([O-])C(C)(C)C)nc1)C(=O)N1CCC[C@H](N1)C(=O)OCC(C)(C)C2. The fourth-order valence-corrected chi connectivity index (χ4v) is 11.6. The monoisotopic (exact) mass is 987 g/mol. The number of pyridine rings is 2. The number of amides is 3. The number of nitrogens with one attached hydrogen (secondary N) is 2. The van der Waals surface area contributed by atoms with Gasteiger partial charge >= 0.3 is 5.97 Å². The second kappa shape index (κ2) is 20.4. The van der Waals surface area contributed by atoms with E-state index in [0.29, 0.717) is 43.6 Å². The number of likely N-dealkylation sites (N-methyl/N-ethyl adjacent to an activating group) is 1. The molecule has 2 saturated heterocycles. The maximum absolute atomic E-state index is 14.8. The lowest BCUT2D eigenvalue weighted by Gasteiger charge is -2.36. The Morgan fingerprint density at radius 2 is 1.80 bits per heavy atom. The first kappa shape index (κ1) is 51.5. The number of aromatic nitrogens is 3. The van der Waals surface area contributed by atoms with Gasteiger partial charge in [0.15, 0.2) is 0 Å². The number of phenolic OH excluding ortho intramolecular Hbond substituents is 1. The van der Waals surface area contributed by atoms with Crippen LogP contribution >= 0.6 is 0 Å². The van der Waals surface area contributed by atoms with Crippen LogP contribution in [0, 0.1) is 11.3 Å². The minimum absolute atomic E-state index is 0.00425. The zero-order valence-electron chi connectivity index (χ0n) is 43.0. The number of aryl methyl sites for hydroxylation is 1. The highest BCUT2D eigenvalue weighted by molar-refractivity contribution is 7.90. The largest absolute Gasteiger partial charge is 0.597 e. The summed E-state index contributed by atoms with van der Waals surface area (Å²) in [6.07, 6.45) is 4.84. The van der Waals surface area contributed by atoms with E-state index in [-0.39, 0.29) is 48.8 Å². The van der Waals surface area contributed by atoms with Gasteiger partial charge in [-0.2, -0.15) is 0 Å². The van der Waals surface area contributed by atoms with Crippen LogP contribution in [0.4, 0.5) is 0 Å². The number of cyclic esters (lactones) is 1. The first-order valence-corrected chi connectivity index (χ1v) is 26.1. The van der Waals surface area contributed by atoms with E-state index in [0.717, 1.165) is 44.5 Å². The first-order valence-electron chi connectivity index (χ1n) is 25.0. The summed E-state index contributed by atoms with van der Waals surface area (Å²) in [6, 6.07) is 16.0. The number of carbonyl (C=O) groups excluding carboxylic acids is 4. The van der Waals surface area contributed by atoms with Gasteiger partial charge in [0.1, 0.15) is 34.7 Å². The number of benzene rings is 2. The number of hydrogen-bond donors (Lipinski definition) is 3. The molecule has 6 heterocycles. The van der Waals surface area contributed by atoms with Crippen molar-refractivity contribution in [2.75, 3.05) is 26.7 Å². The van der Waals surface area contributed by atoms with Gasteiger partial charge in [0.05, 0.1) is 35.8 Å². The average molecular weight is 987 g/mol. The van der Waals surface area contributed by atoms with Crippen LogP contribution in [0.5, 0.6) is 5.75 Å². The normalized spacial score (nSPS) is 21.4. The second-order valence-electron chi connectivity index (χ2n) is 21.9. The molecule has 71 heavy (non-hydrogen) atoms. The van der Waals surface area contributed by atoms with Gasteiger partial charge < -0.3 is 29.2 Å². The maximum Gasteiger partial charge on any atom is 0.324 e. The topological polar surface area (TPSA) is 185 Å². The summed E-state index contributed by atoms with van der Waals surface area (Å²) in [5.74, 6) is -2.14. The van der Waals surface area contributed by atoms with Gasteiger partial charge in [0.2, 0.25) is 5.91 Å². The Labute approximate surface area is 421 Å². The van der Waals surface area contributed by atoms with Crippen LogP contribution in [0.2, 0.25) is 0 Å². The van der Waals surface area contributed by atoms with Crippen LogP contribution < -0.4 is 10.7 Å². The van der Waals surface area contributed by atoms with Crippen LogP contribution in [-0.2, 0) is 49.9 Å². The number of carbonyl (C=O) groups is 4. The Morgan fingerprint density at radius 3 is 2.48 bits per heavy atom. The van der Waals surface area contributed by atoms with Crippen molar-refractivity contribution >= 4 is 46.0 Å². The van der Waals surface area contributed by atoms with E-state index in [4.69, 9.17) is 9.72 Å². The van der Waals surface area contributed by atoms with Crippen molar-refractivity contribution < 1.29 is 33.6 Å². The van der Waals surface area contributed by atoms with E-state index in [1.807, 2.05) is 63.3 Å². The Kier molecular flexibility index (Phi) is 14.8. The summed E-state index contributed by atoms with van der Waals surface area (Å²) in [4.78, 5) is 68.3. The van der Waals surface area contributed by atoms with Crippen molar-refractivity contribution in [3.63, 3.8) is 0 Å². The van der Waals surface area contributed by atoms with E-state index in [1.165, 1.54) is 16.1 Å². The third-order valence-electron chi connectivity index (χ3n) is 13.8. The summed E-state index contributed by atoms with van der Waals surface area (Å²) in [5.41, 5.74) is 11.0. The Morgan fingerprint density at radius 1 is 1.04 bits per heavy atom. The smallest absolute Gasteiger partial charge is 0.324 e. The molecule has 0 aliphatic carbocycles. The molecular weight excluding hydrogens is 917 g/mol. The highest BCUT2D eigenvalue weighted by atomic mass is 32.2. The minimum Gasteiger partial charge on any atom is -0.597 e. The van der Waals surface area contributed by atoms with E-state index in [2.05, 4.69) is 73.1 Å². The van der Waals surface area contributed by atoms with Gasteiger partial charge in [-0.05, 0) is 130 Å². The average Bonchev–Trinajstić information content (AvgIpc) is 4.07. The number of hydrogen-bond acceptors (Lipinski definition) is 11. The van der Waals surface area contributed by atoms with Crippen LogP contribution in [0.25, 0.3) is 33.3 Å². The molecule has 6 atom stereocenters. The van der Waals surface area contributed by atoms with Crippen LogP contribution in [0.3, 0.4) is 0 Å². The predicted molar refractivity (Wildman–Crippen MR) is 276 cm³/mol. The zero-order chi connectivity index (χ0) is 51.3. The zero-order valence-corrected chi connectivity index (χ0v) is 43.9. The van der Waals surface area contributed by atoms with E-state index >= 15 is 0 Å². The summed E-state index contributed by atoms with van der Waals surface area (Å²) >= 11 is -1.19. The summed E-state index contributed by atoms with van der Waals surface area (Å²) in [7, 11) is 1.56. The van der Waals surface area contributed by atoms with Gasteiger partial charge in [-0.25, -0.2) is 5.43 Å². The fourth-order valence-electron chi connectivity index (χ4n) is 10.2. The molecule has 8 rings (SSSR count). The number of nitrogens with zero attached hydrogens (tertiary/aromatic N) is 6. The fraction of sp³-hybridized carbons (Fsp3) is 0.491. The number of hydrazine groups is 1. The third kappa shape index (κ3) is 10.9. The molecule has 2 fully saturated rings. The number of phenols is 1. The van der Waals surface area contributed by atoms with Gasteiger partial charge in [-0.1, -0.05) is 53.7 Å². The Bertz CT molecular complexity index is 2820. The molecule has 5 aromatic rings. The Hall–Kier alpha value is -5.81. The summed E-state index contributed by atoms with van der Waals surface area (Å²) in [6.45, 7) is 21.8. The molecule has 3 N–H and O–H groups in total. The molecule has 3 aliphatic heterocycles. The standard InChI is InChI=1S/C55H70N8O7S/c1-12-61-45-20-18-35-27-40(45)41(49(61)39-15-13-21-56-47(39)32(2)3)28-55(9,10)31-70-53(68)43-16-14-22-62(59-43)52(67)44(25-34-23-37(35)26-38(64)24-34)58-50(65)48(33(4)5)60(11)51(66)36-17-19-42(57-29-36)46-30-63(46)71(69)54(6,7)8/h13,15,17-21,23-24,26-27,29,32-33,43-44,46,48,59,64H,12,14,16,22,25,28,30-31H2,1-11H3,(H,58,65)/t43-,44-,46-,48-,63?,71?/m0/s1. The molecule has 0 radical (unpaired) electrons. The highest BCUT2D eigenvalue weighted by Crippen LogP contribution is 2.43. The van der Waals surface area contributed by atoms with E-state index < -0.39 is 63.3 Å². The molecule has 6 bridgehead atoms. The van der Waals surface area contributed by atoms with E-state index in [9.17, 15) is 28.8 Å². The van der Waals surface area contributed by atoms with Gasteiger partial charge in [0.25, 0.3) is 11.8 Å². The van der Waals surface area contributed by atoms with Crippen molar-refractivity contribution in [2.45, 2.75) is 136 Å². The molecule has 378 valence electrons. The second-order valence-corrected chi connectivity index (χ2v) is 24.1. The quantitative estimate of drug-likeness (QED) is 0.0703. The maximum atomic E-state index is 14.8. The molecule has 15 nitrogen and oxygen atoms in total. The van der Waals surface area contributed by atoms with Gasteiger partial charge in [0, 0.05) is 72.2 Å². The first-order chi connectivity index (χ1) is 33.6. The van der Waals surface area contributed by atoms with Crippen molar-refractivity contribution in [1.29, 1.82) is 0 Å². The van der Waals surface area contributed by atoms with Crippen LogP contribution in [-0.4, -0.2) is 112 Å². The number of rotatable bonds is 10. The van der Waals surface area contributed by atoms with Crippen molar-refractivity contribution in [1.82, 2.24) is 39.5 Å². The molecule has 3 aliphatic rings. The van der Waals surface area contributed by atoms with Crippen LogP contribution in [0.15, 0.2) is 73.1 Å². The number of ether oxygens (including phenoxy) is 1. The molecule has 0 saturated carbocycles. The van der Waals surface area contributed by atoms with Gasteiger partial charge in [-0.15, -0.1) is 4.31 Å². The molecule has 2 aromatic carbocycles. The molecule has 0 spiro atoms. The summed E-state index contributed by atoms with van der Waals surface area (Å²) in [5, 5.41) is 16.8. The lowest BCUT2D eigenvalue weighted by Crippen LogP contribution is -2.62. The van der Waals surface area contributed by atoms with Crippen molar-refractivity contribution in [2.24, 2.45) is 11.3 Å². The van der Waals surface area contributed by atoms with Crippen molar-refractivity contribution in [3.8, 4) is 28.1 Å². The molecule has 3 amide bonds. The summed E-state index contributed by atoms with van der Waals surface area (Å²) < 4.78 is 22.9.